The summed E-state index contributed by atoms with van der Waals surface area (Å²) in [5, 5.41) is 5.98. The topological polar surface area (TPSA) is 41.1 Å². The van der Waals surface area contributed by atoms with Gasteiger partial charge in [0.15, 0.2) is 0 Å². The van der Waals surface area contributed by atoms with E-state index in [4.69, 9.17) is 0 Å². The number of amides is 1. The summed E-state index contributed by atoms with van der Waals surface area (Å²) >= 11 is 0. The molecular weight excluding hydrogens is 238 g/mol. The van der Waals surface area contributed by atoms with Crippen LogP contribution in [-0.2, 0) is 0 Å². The van der Waals surface area contributed by atoms with Crippen molar-refractivity contribution in [1.82, 2.24) is 10.6 Å². The van der Waals surface area contributed by atoms with Crippen molar-refractivity contribution in [3.05, 3.63) is 35.4 Å². The number of benzene rings is 1. The summed E-state index contributed by atoms with van der Waals surface area (Å²) in [6.45, 7) is 3.65. The Morgan fingerprint density at radius 3 is 2.94 bits per heavy atom. The van der Waals surface area contributed by atoms with Gasteiger partial charge in [0.25, 0.3) is 5.91 Å². The molecule has 2 N–H and O–H groups in total. The van der Waals surface area contributed by atoms with Crippen LogP contribution in [0.3, 0.4) is 0 Å². The number of carbonyl (C=O) groups is 1. The van der Waals surface area contributed by atoms with E-state index in [9.17, 15) is 13.6 Å². The van der Waals surface area contributed by atoms with Crippen molar-refractivity contribution in [2.75, 3.05) is 13.1 Å². The molecule has 0 unspecified atom stereocenters. The molecule has 1 aromatic carbocycles. The van der Waals surface area contributed by atoms with Gasteiger partial charge in [-0.05, 0) is 43.6 Å². The number of halogens is 2. The maximum Gasteiger partial charge on any atom is 0.254 e. The SMILES string of the molecule is C[C@H]1CNCC[C@@H]1NC(=O)c1cc(F)ccc1F. The normalized spacial score (nSPS) is 23.7. The summed E-state index contributed by atoms with van der Waals surface area (Å²) in [6, 6.07) is 2.90. The van der Waals surface area contributed by atoms with Gasteiger partial charge in [-0.25, -0.2) is 8.78 Å². The van der Waals surface area contributed by atoms with E-state index in [-0.39, 0.29) is 17.5 Å². The van der Waals surface area contributed by atoms with Crippen molar-refractivity contribution in [3.8, 4) is 0 Å². The Bertz CT molecular complexity index is 451. The smallest absolute Gasteiger partial charge is 0.254 e. The fraction of sp³-hybridized carbons (Fsp3) is 0.462. The highest BCUT2D eigenvalue weighted by Gasteiger charge is 2.24. The van der Waals surface area contributed by atoms with E-state index < -0.39 is 17.5 Å². The second kappa shape index (κ2) is 5.44. The summed E-state index contributed by atoms with van der Waals surface area (Å²) in [5.41, 5.74) is -0.235. The minimum Gasteiger partial charge on any atom is -0.349 e. The number of carbonyl (C=O) groups excluding carboxylic acids is 1. The lowest BCUT2D eigenvalue weighted by atomic mass is 9.95. The monoisotopic (exact) mass is 254 g/mol. The highest BCUT2D eigenvalue weighted by Crippen LogP contribution is 2.14. The lowest BCUT2D eigenvalue weighted by molar-refractivity contribution is 0.0909. The third kappa shape index (κ3) is 2.85. The Morgan fingerprint density at radius 1 is 1.44 bits per heavy atom. The fourth-order valence-corrected chi connectivity index (χ4v) is 2.15. The molecule has 1 saturated heterocycles. The summed E-state index contributed by atoms with van der Waals surface area (Å²) in [5.74, 6) is -1.58. The van der Waals surface area contributed by atoms with Crippen LogP contribution < -0.4 is 10.6 Å². The van der Waals surface area contributed by atoms with Crippen molar-refractivity contribution in [2.24, 2.45) is 5.92 Å². The average Bonchev–Trinajstić information content (AvgIpc) is 2.35. The zero-order valence-electron chi connectivity index (χ0n) is 10.2. The van der Waals surface area contributed by atoms with E-state index >= 15 is 0 Å². The average molecular weight is 254 g/mol. The second-order valence-electron chi connectivity index (χ2n) is 4.67. The summed E-state index contributed by atoms with van der Waals surface area (Å²) in [6.07, 6.45) is 0.795. The molecule has 18 heavy (non-hydrogen) atoms. The molecule has 5 heteroatoms. The van der Waals surface area contributed by atoms with Crippen LogP contribution in [0.5, 0.6) is 0 Å². The minimum absolute atomic E-state index is 0.00131. The first-order chi connectivity index (χ1) is 8.58. The molecule has 1 amide bonds. The zero-order chi connectivity index (χ0) is 13.1. The second-order valence-corrected chi connectivity index (χ2v) is 4.67. The summed E-state index contributed by atoms with van der Waals surface area (Å²) < 4.78 is 26.4. The van der Waals surface area contributed by atoms with Crippen molar-refractivity contribution < 1.29 is 13.6 Å². The van der Waals surface area contributed by atoms with Crippen LogP contribution in [0.25, 0.3) is 0 Å². The predicted octanol–water partition coefficient (Wildman–Crippen LogP) is 1.69. The molecule has 1 aliphatic heterocycles. The molecule has 1 fully saturated rings. The van der Waals surface area contributed by atoms with Gasteiger partial charge in [-0.3, -0.25) is 4.79 Å². The predicted molar refractivity (Wildman–Crippen MR) is 64.3 cm³/mol. The first-order valence-electron chi connectivity index (χ1n) is 6.04. The van der Waals surface area contributed by atoms with Gasteiger partial charge in [-0.2, -0.15) is 0 Å². The van der Waals surface area contributed by atoms with Gasteiger partial charge in [-0.1, -0.05) is 6.92 Å². The van der Waals surface area contributed by atoms with Gasteiger partial charge in [0.1, 0.15) is 11.6 Å². The number of piperidine rings is 1. The maximum absolute atomic E-state index is 13.4. The Labute approximate surface area is 105 Å². The molecule has 3 nitrogen and oxygen atoms in total. The summed E-state index contributed by atoms with van der Waals surface area (Å²) in [7, 11) is 0. The Kier molecular flexibility index (Phi) is 3.91. The molecule has 0 aromatic heterocycles. The van der Waals surface area contributed by atoms with Gasteiger partial charge < -0.3 is 10.6 Å². The Balaban J connectivity index is 2.09. The molecule has 0 spiro atoms. The van der Waals surface area contributed by atoms with Gasteiger partial charge in [0.05, 0.1) is 5.56 Å². The lowest BCUT2D eigenvalue weighted by Crippen LogP contribution is -2.48. The van der Waals surface area contributed by atoms with Crippen LogP contribution in [0.2, 0.25) is 0 Å². The molecule has 0 aliphatic carbocycles. The van der Waals surface area contributed by atoms with Gasteiger partial charge >= 0.3 is 0 Å². The molecule has 0 saturated carbocycles. The molecule has 2 atom stereocenters. The van der Waals surface area contributed by atoms with E-state index in [0.717, 1.165) is 37.7 Å². The maximum atomic E-state index is 13.4. The fourth-order valence-electron chi connectivity index (χ4n) is 2.15. The largest absolute Gasteiger partial charge is 0.349 e. The number of hydrogen-bond acceptors (Lipinski definition) is 2. The molecule has 2 rings (SSSR count). The molecule has 0 bridgehead atoms. The van der Waals surface area contributed by atoms with Crippen LogP contribution >= 0.6 is 0 Å². The number of nitrogens with one attached hydrogen (secondary N) is 2. The van der Waals surface area contributed by atoms with Crippen LogP contribution in [0.15, 0.2) is 18.2 Å². The van der Waals surface area contributed by atoms with Gasteiger partial charge in [0.2, 0.25) is 0 Å². The molecule has 1 heterocycles. The van der Waals surface area contributed by atoms with E-state index in [1.807, 2.05) is 6.92 Å². The Hall–Kier alpha value is -1.49. The van der Waals surface area contributed by atoms with Crippen LogP contribution in [0.4, 0.5) is 8.78 Å². The standard InChI is InChI=1S/C13H16F2N2O/c1-8-7-16-5-4-12(8)17-13(18)10-6-9(14)2-3-11(10)15/h2-3,6,8,12,16H,4-5,7H2,1H3,(H,17,18)/t8-,12-/m0/s1. The lowest BCUT2D eigenvalue weighted by Gasteiger charge is -2.30. The first-order valence-corrected chi connectivity index (χ1v) is 6.04. The highest BCUT2D eigenvalue weighted by atomic mass is 19.1. The van der Waals surface area contributed by atoms with Crippen molar-refractivity contribution in [1.29, 1.82) is 0 Å². The van der Waals surface area contributed by atoms with Crippen LogP contribution in [0, 0.1) is 17.6 Å². The third-order valence-electron chi connectivity index (χ3n) is 3.27. The first kappa shape index (κ1) is 13.0. The minimum atomic E-state index is -0.699. The third-order valence-corrected chi connectivity index (χ3v) is 3.27. The van der Waals surface area contributed by atoms with E-state index in [0.29, 0.717) is 0 Å². The van der Waals surface area contributed by atoms with Crippen molar-refractivity contribution >= 4 is 5.91 Å². The molecule has 1 aliphatic rings. The Morgan fingerprint density at radius 2 is 2.22 bits per heavy atom. The van der Waals surface area contributed by atoms with E-state index in [1.165, 1.54) is 0 Å². The molecule has 1 aromatic rings. The number of rotatable bonds is 2. The number of hydrogen-bond donors (Lipinski definition) is 2. The van der Waals surface area contributed by atoms with Crippen molar-refractivity contribution in [2.45, 2.75) is 19.4 Å². The molecular formula is C13H16F2N2O. The summed E-state index contributed by atoms with van der Waals surface area (Å²) in [4.78, 5) is 11.9. The van der Waals surface area contributed by atoms with Crippen LogP contribution in [-0.4, -0.2) is 25.0 Å². The van der Waals surface area contributed by atoms with Gasteiger partial charge in [0, 0.05) is 6.04 Å². The zero-order valence-corrected chi connectivity index (χ0v) is 10.2. The van der Waals surface area contributed by atoms with Crippen molar-refractivity contribution in [3.63, 3.8) is 0 Å². The van der Waals surface area contributed by atoms with E-state index in [2.05, 4.69) is 10.6 Å². The quantitative estimate of drug-likeness (QED) is 0.843. The van der Waals surface area contributed by atoms with E-state index in [1.54, 1.807) is 0 Å². The van der Waals surface area contributed by atoms with Crippen LogP contribution in [0.1, 0.15) is 23.7 Å². The van der Waals surface area contributed by atoms with Gasteiger partial charge in [-0.15, -0.1) is 0 Å². The molecule has 0 radical (unpaired) electrons. The highest BCUT2D eigenvalue weighted by molar-refractivity contribution is 5.94. The molecule has 98 valence electrons.